The van der Waals surface area contributed by atoms with Crippen LogP contribution in [0.2, 0.25) is 0 Å². The summed E-state index contributed by atoms with van der Waals surface area (Å²) in [6.07, 6.45) is 3.69. The predicted octanol–water partition coefficient (Wildman–Crippen LogP) is 2.09. The van der Waals surface area contributed by atoms with Gasteiger partial charge in [0.1, 0.15) is 5.82 Å². The van der Waals surface area contributed by atoms with Gasteiger partial charge in [-0.15, -0.1) is 0 Å². The van der Waals surface area contributed by atoms with Crippen LogP contribution in [0.4, 0.5) is 5.69 Å². The Balaban J connectivity index is 2.02. The second-order valence-corrected chi connectivity index (χ2v) is 3.71. The number of aryl methyl sites for hydroxylation is 3. The average Bonchev–Trinajstić information content (AvgIpc) is 2.63. The third-order valence-electron chi connectivity index (χ3n) is 2.44. The first kappa shape index (κ1) is 9.77. The van der Waals surface area contributed by atoms with E-state index in [0.717, 1.165) is 30.0 Å². The Morgan fingerprint density at radius 1 is 1.27 bits per heavy atom. The van der Waals surface area contributed by atoms with Crippen LogP contribution in [0.1, 0.15) is 17.1 Å². The molecule has 3 nitrogen and oxygen atoms in total. The maximum absolute atomic E-state index is 5.86. The van der Waals surface area contributed by atoms with Gasteiger partial charge in [0.25, 0.3) is 0 Å². The van der Waals surface area contributed by atoms with Crippen molar-refractivity contribution in [3.63, 3.8) is 0 Å². The molecule has 0 amide bonds. The van der Waals surface area contributed by atoms with Crippen molar-refractivity contribution >= 4 is 5.69 Å². The molecule has 1 aromatic heterocycles. The molecule has 0 saturated heterocycles. The van der Waals surface area contributed by atoms with Crippen LogP contribution in [-0.2, 0) is 12.8 Å². The van der Waals surface area contributed by atoms with Crippen LogP contribution in [0.3, 0.4) is 0 Å². The normalized spacial score (nSPS) is 10.5. The lowest BCUT2D eigenvalue weighted by atomic mass is 10.1. The van der Waals surface area contributed by atoms with Gasteiger partial charge in [-0.25, -0.2) is 4.98 Å². The summed E-state index contributed by atoms with van der Waals surface area (Å²) in [5, 5.41) is 0. The number of benzene rings is 1. The number of H-pyrrole nitrogens is 1. The van der Waals surface area contributed by atoms with Crippen molar-refractivity contribution in [3.8, 4) is 0 Å². The Bertz CT molecular complexity index is 446. The van der Waals surface area contributed by atoms with Gasteiger partial charge in [0, 0.05) is 24.0 Å². The SMILES string of the molecule is Cc1cnc(CCc2ccccc2N)[nH]1. The van der Waals surface area contributed by atoms with E-state index in [4.69, 9.17) is 5.73 Å². The van der Waals surface area contributed by atoms with Crippen molar-refractivity contribution in [1.29, 1.82) is 0 Å². The zero-order chi connectivity index (χ0) is 10.7. The van der Waals surface area contributed by atoms with Gasteiger partial charge in [-0.3, -0.25) is 0 Å². The zero-order valence-electron chi connectivity index (χ0n) is 8.83. The number of nitrogen functional groups attached to an aromatic ring is 1. The molecule has 0 radical (unpaired) electrons. The van der Waals surface area contributed by atoms with E-state index in [-0.39, 0.29) is 0 Å². The first-order valence-electron chi connectivity index (χ1n) is 5.09. The van der Waals surface area contributed by atoms with Gasteiger partial charge in [-0.05, 0) is 25.0 Å². The van der Waals surface area contributed by atoms with Crippen molar-refractivity contribution in [2.24, 2.45) is 0 Å². The van der Waals surface area contributed by atoms with Crippen LogP contribution in [0.15, 0.2) is 30.5 Å². The summed E-state index contributed by atoms with van der Waals surface area (Å²) in [7, 11) is 0. The van der Waals surface area contributed by atoms with Crippen LogP contribution < -0.4 is 5.73 Å². The molecule has 1 aromatic carbocycles. The molecule has 0 saturated carbocycles. The molecule has 0 bridgehead atoms. The van der Waals surface area contributed by atoms with Gasteiger partial charge < -0.3 is 10.7 Å². The minimum Gasteiger partial charge on any atom is -0.399 e. The summed E-state index contributed by atoms with van der Waals surface area (Å²) < 4.78 is 0. The minimum atomic E-state index is 0.862. The Kier molecular flexibility index (Phi) is 2.72. The van der Waals surface area contributed by atoms with E-state index in [1.165, 1.54) is 5.56 Å². The van der Waals surface area contributed by atoms with Crippen LogP contribution in [0.25, 0.3) is 0 Å². The highest BCUT2D eigenvalue weighted by Gasteiger charge is 2.01. The van der Waals surface area contributed by atoms with E-state index in [9.17, 15) is 0 Å². The molecule has 0 aliphatic heterocycles. The monoisotopic (exact) mass is 201 g/mol. The van der Waals surface area contributed by atoms with E-state index in [1.54, 1.807) is 0 Å². The Morgan fingerprint density at radius 2 is 2.07 bits per heavy atom. The van der Waals surface area contributed by atoms with Gasteiger partial charge in [0.05, 0.1) is 0 Å². The topological polar surface area (TPSA) is 54.7 Å². The van der Waals surface area contributed by atoms with Crippen LogP contribution in [0.5, 0.6) is 0 Å². The number of anilines is 1. The zero-order valence-corrected chi connectivity index (χ0v) is 8.83. The number of para-hydroxylation sites is 1. The van der Waals surface area contributed by atoms with Gasteiger partial charge >= 0.3 is 0 Å². The second-order valence-electron chi connectivity index (χ2n) is 3.71. The summed E-state index contributed by atoms with van der Waals surface area (Å²) in [6.45, 7) is 2.01. The fourth-order valence-corrected chi connectivity index (χ4v) is 1.61. The van der Waals surface area contributed by atoms with Gasteiger partial charge in [-0.2, -0.15) is 0 Å². The third kappa shape index (κ3) is 2.37. The molecule has 3 N–H and O–H groups in total. The number of nitrogens with two attached hydrogens (primary N) is 1. The van der Waals surface area contributed by atoms with Crippen molar-refractivity contribution in [2.45, 2.75) is 19.8 Å². The molecule has 0 spiro atoms. The fraction of sp³-hybridized carbons (Fsp3) is 0.250. The minimum absolute atomic E-state index is 0.862. The summed E-state index contributed by atoms with van der Waals surface area (Å²) in [5.41, 5.74) is 9.01. The van der Waals surface area contributed by atoms with Crippen molar-refractivity contribution in [3.05, 3.63) is 47.5 Å². The lowest BCUT2D eigenvalue weighted by Crippen LogP contribution is -1.97. The van der Waals surface area contributed by atoms with Crippen LogP contribution in [-0.4, -0.2) is 9.97 Å². The summed E-state index contributed by atoms with van der Waals surface area (Å²) in [6, 6.07) is 7.96. The van der Waals surface area contributed by atoms with Gasteiger partial charge in [-0.1, -0.05) is 18.2 Å². The standard InChI is InChI=1S/C12H15N3/c1-9-8-14-12(15-9)7-6-10-4-2-3-5-11(10)13/h2-5,8H,6-7,13H2,1H3,(H,14,15). The van der Waals surface area contributed by atoms with Crippen molar-refractivity contribution in [2.75, 3.05) is 5.73 Å². The maximum Gasteiger partial charge on any atom is 0.106 e. The molecule has 15 heavy (non-hydrogen) atoms. The quantitative estimate of drug-likeness (QED) is 0.747. The van der Waals surface area contributed by atoms with E-state index in [2.05, 4.69) is 16.0 Å². The molecule has 0 aliphatic carbocycles. The molecule has 2 aromatic rings. The van der Waals surface area contributed by atoms with Gasteiger partial charge in [0.15, 0.2) is 0 Å². The Morgan fingerprint density at radius 3 is 2.73 bits per heavy atom. The van der Waals surface area contributed by atoms with E-state index in [0.29, 0.717) is 0 Å². The summed E-state index contributed by atoms with van der Waals surface area (Å²) >= 11 is 0. The average molecular weight is 201 g/mol. The first-order chi connectivity index (χ1) is 7.25. The smallest absolute Gasteiger partial charge is 0.106 e. The van der Waals surface area contributed by atoms with E-state index < -0.39 is 0 Å². The largest absolute Gasteiger partial charge is 0.399 e. The number of hydrogen-bond donors (Lipinski definition) is 2. The molecular weight excluding hydrogens is 186 g/mol. The Labute approximate surface area is 89.4 Å². The molecule has 0 unspecified atom stereocenters. The number of imidazole rings is 1. The number of rotatable bonds is 3. The van der Waals surface area contributed by atoms with Crippen molar-refractivity contribution < 1.29 is 0 Å². The van der Waals surface area contributed by atoms with Crippen LogP contribution in [0, 0.1) is 6.92 Å². The predicted molar refractivity (Wildman–Crippen MR) is 61.6 cm³/mol. The van der Waals surface area contributed by atoms with E-state index in [1.807, 2.05) is 31.3 Å². The van der Waals surface area contributed by atoms with Crippen LogP contribution >= 0.6 is 0 Å². The summed E-state index contributed by atoms with van der Waals surface area (Å²) in [4.78, 5) is 7.48. The second kappa shape index (κ2) is 4.17. The number of hydrogen-bond acceptors (Lipinski definition) is 2. The molecule has 78 valence electrons. The highest BCUT2D eigenvalue weighted by atomic mass is 14.9. The number of nitrogens with zero attached hydrogens (tertiary/aromatic N) is 1. The molecule has 0 atom stereocenters. The first-order valence-corrected chi connectivity index (χ1v) is 5.09. The molecule has 0 fully saturated rings. The molecule has 0 aliphatic rings. The highest BCUT2D eigenvalue weighted by molar-refractivity contribution is 5.46. The molecule has 1 heterocycles. The van der Waals surface area contributed by atoms with Crippen molar-refractivity contribution in [1.82, 2.24) is 9.97 Å². The number of aromatic amines is 1. The lowest BCUT2D eigenvalue weighted by molar-refractivity contribution is 0.883. The molecule has 3 heteroatoms. The molecule has 2 rings (SSSR count). The number of nitrogens with one attached hydrogen (secondary N) is 1. The summed E-state index contributed by atoms with van der Waals surface area (Å²) in [5.74, 6) is 1.02. The lowest BCUT2D eigenvalue weighted by Gasteiger charge is -2.03. The van der Waals surface area contributed by atoms with Gasteiger partial charge in [0.2, 0.25) is 0 Å². The third-order valence-corrected chi connectivity index (χ3v) is 2.44. The maximum atomic E-state index is 5.86. The van der Waals surface area contributed by atoms with E-state index >= 15 is 0 Å². The molecular formula is C12H15N3. The Hall–Kier alpha value is -1.77. The highest BCUT2D eigenvalue weighted by Crippen LogP contribution is 2.12. The number of aromatic nitrogens is 2. The fourth-order valence-electron chi connectivity index (χ4n) is 1.61.